The van der Waals surface area contributed by atoms with Crippen molar-refractivity contribution in [2.45, 2.75) is 52.2 Å². The maximum Gasteiger partial charge on any atom is 0.265 e. The van der Waals surface area contributed by atoms with Gasteiger partial charge in [0.1, 0.15) is 5.75 Å². The fourth-order valence-electron chi connectivity index (χ4n) is 3.46. The van der Waals surface area contributed by atoms with E-state index in [1.54, 1.807) is 6.92 Å². The average Bonchev–Trinajstić information content (AvgIpc) is 2.44. The lowest BCUT2D eigenvalue weighted by Gasteiger charge is -2.36. The van der Waals surface area contributed by atoms with Crippen LogP contribution < -0.4 is 15.4 Å². The molecule has 3 unspecified atom stereocenters. The van der Waals surface area contributed by atoms with Crippen LogP contribution in [0, 0.1) is 11.8 Å². The molecule has 2 N–H and O–H groups in total. The molecule has 21 heavy (non-hydrogen) atoms. The summed E-state index contributed by atoms with van der Waals surface area (Å²) in [6.45, 7) is 6.40. The van der Waals surface area contributed by atoms with Crippen LogP contribution in [0.15, 0.2) is 18.2 Å². The van der Waals surface area contributed by atoms with E-state index in [9.17, 15) is 4.79 Å². The quantitative estimate of drug-likeness (QED) is 0.873. The monoisotopic (exact) mass is 288 g/mol. The van der Waals surface area contributed by atoms with E-state index in [-0.39, 0.29) is 5.91 Å². The van der Waals surface area contributed by atoms with Gasteiger partial charge in [0.25, 0.3) is 5.91 Å². The van der Waals surface area contributed by atoms with Crippen molar-refractivity contribution in [2.75, 3.05) is 10.6 Å². The van der Waals surface area contributed by atoms with Crippen LogP contribution in [0.25, 0.3) is 0 Å². The molecule has 4 heteroatoms. The first-order valence-corrected chi connectivity index (χ1v) is 7.92. The minimum absolute atomic E-state index is 0.0842. The Bertz CT molecular complexity index is 534. The maximum atomic E-state index is 11.7. The van der Waals surface area contributed by atoms with Crippen molar-refractivity contribution >= 4 is 17.3 Å². The Kier molecular flexibility index (Phi) is 3.79. The van der Waals surface area contributed by atoms with Gasteiger partial charge < -0.3 is 15.4 Å². The normalized spacial score (nSPS) is 31.9. The summed E-state index contributed by atoms with van der Waals surface area (Å²) in [5, 5.41) is 6.56. The Morgan fingerprint density at radius 1 is 1.19 bits per heavy atom. The molecule has 4 nitrogen and oxygen atoms in total. The number of hydrogen-bond donors (Lipinski definition) is 2. The zero-order chi connectivity index (χ0) is 15.0. The molecule has 0 radical (unpaired) electrons. The molecule has 1 fully saturated rings. The third-order valence-electron chi connectivity index (χ3n) is 4.79. The minimum Gasteiger partial charge on any atom is -0.479 e. The average molecular weight is 288 g/mol. The Hall–Kier alpha value is -1.71. The van der Waals surface area contributed by atoms with Crippen LogP contribution in [0.3, 0.4) is 0 Å². The summed E-state index contributed by atoms with van der Waals surface area (Å²) in [7, 11) is 0. The number of rotatable bonds is 2. The van der Waals surface area contributed by atoms with Gasteiger partial charge in [-0.15, -0.1) is 0 Å². The summed E-state index contributed by atoms with van der Waals surface area (Å²) < 4.78 is 5.59. The van der Waals surface area contributed by atoms with Gasteiger partial charge in [-0.25, -0.2) is 0 Å². The van der Waals surface area contributed by atoms with Crippen molar-refractivity contribution in [1.82, 2.24) is 0 Å². The predicted octanol–water partition coefficient (Wildman–Crippen LogP) is 3.64. The third-order valence-corrected chi connectivity index (χ3v) is 4.79. The standard InChI is InChI=1S/C17H24N2O2/c1-10-5-4-6-11(2)16(10)18-13-7-8-15-14(9-13)19-17(20)12(3)21-15/h7-12,16,18H,4-6H2,1-3H3,(H,19,20). The molecule has 1 aromatic rings. The van der Waals surface area contributed by atoms with Crippen LogP contribution in [0.1, 0.15) is 40.0 Å². The number of hydrogen-bond acceptors (Lipinski definition) is 3. The van der Waals surface area contributed by atoms with Crippen molar-refractivity contribution in [3.63, 3.8) is 0 Å². The smallest absolute Gasteiger partial charge is 0.265 e. The van der Waals surface area contributed by atoms with Gasteiger partial charge in [-0.1, -0.05) is 20.3 Å². The van der Waals surface area contributed by atoms with Gasteiger partial charge in [0.2, 0.25) is 0 Å². The SMILES string of the molecule is CC1Oc2ccc(NC3C(C)CCCC3C)cc2NC1=O. The van der Waals surface area contributed by atoms with Crippen LogP contribution in [0.2, 0.25) is 0 Å². The van der Waals surface area contributed by atoms with E-state index in [4.69, 9.17) is 4.74 Å². The lowest BCUT2D eigenvalue weighted by molar-refractivity contribution is -0.122. The number of fused-ring (bicyclic) bond motifs is 1. The highest BCUT2D eigenvalue weighted by Crippen LogP contribution is 2.35. The molecule has 0 saturated heterocycles. The Balaban J connectivity index is 1.78. The summed E-state index contributed by atoms with van der Waals surface area (Å²) in [5.41, 5.74) is 1.82. The van der Waals surface area contributed by atoms with E-state index in [1.807, 2.05) is 18.2 Å². The number of amides is 1. The molecule has 1 heterocycles. The molecule has 1 amide bonds. The summed E-state index contributed by atoms with van der Waals surface area (Å²) in [5.74, 6) is 2.02. The lowest BCUT2D eigenvalue weighted by Crippen LogP contribution is -2.37. The predicted molar refractivity (Wildman–Crippen MR) is 84.8 cm³/mol. The minimum atomic E-state index is -0.422. The fraction of sp³-hybridized carbons (Fsp3) is 0.588. The molecule has 2 aliphatic rings. The van der Waals surface area contributed by atoms with E-state index in [1.165, 1.54) is 19.3 Å². The molecular formula is C17H24N2O2. The number of anilines is 2. The molecule has 0 spiro atoms. The molecule has 0 aromatic heterocycles. The van der Waals surface area contributed by atoms with E-state index in [2.05, 4.69) is 24.5 Å². The van der Waals surface area contributed by atoms with E-state index < -0.39 is 6.10 Å². The highest BCUT2D eigenvalue weighted by Gasteiger charge is 2.28. The van der Waals surface area contributed by atoms with Crippen LogP contribution in [0.4, 0.5) is 11.4 Å². The zero-order valence-electron chi connectivity index (χ0n) is 13.0. The van der Waals surface area contributed by atoms with Crippen molar-refractivity contribution in [3.05, 3.63) is 18.2 Å². The second-order valence-electron chi connectivity index (χ2n) is 6.52. The van der Waals surface area contributed by atoms with Crippen LogP contribution in [-0.2, 0) is 4.79 Å². The van der Waals surface area contributed by atoms with Gasteiger partial charge in [-0.05, 0) is 49.8 Å². The van der Waals surface area contributed by atoms with Crippen molar-refractivity contribution in [2.24, 2.45) is 11.8 Å². The van der Waals surface area contributed by atoms with Gasteiger partial charge in [-0.2, -0.15) is 0 Å². The Morgan fingerprint density at radius 2 is 1.90 bits per heavy atom. The van der Waals surface area contributed by atoms with Crippen LogP contribution in [0.5, 0.6) is 5.75 Å². The van der Waals surface area contributed by atoms with Crippen molar-refractivity contribution in [1.29, 1.82) is 0 Å². The van der Waals surface area contributed by atoms with Crippen LogP contribution in [-0.4, -0.2) is 18.1 Å². The molecule has 1 aliphatic heterocycles. The molecule has 114 valence electrons. The van der Waals surface area contributed by atoms with E-state index in [0.29, 0.717) is 17.9 Å². The number of ether oxygens (including phenoxy) is 1. The van der Waals surface area contributed by atoms with E-state index in [0.717, 1.165) is 17.1 Å². The number of carbonyl (C=O) groups excluding carboxylic acids is 1. The highest BCUT2D eigenvalue weighted by atomic mass is 16.5. The first kappa shape index (κ1) is 14.2. The Morgan fingerprint density at radius 3 is 2.62 bits per heavy atom. The molecule has 1 aliphatic carbocycles. The fourth-order valence-corrected chi connectivity index (χ4v) is 3.46. The van der Waals surface area contributed by atoms with Gasteiger partial charge in [0.15, 0.2) is 6.10 Å². The van der Waals surface area contributed by atoms with Gasteiger partial charge in [0, 0.05) is 11.7 Å². The van der Waals surface area contributed by atoms with Gasteiger partial charge in [-0.3, -0.25) is 4.79 Å². The number of benzene rings is 1. The molecule has 3 rings (SSSR count). The van der Waals surface area contributed by atoms with Gasteiger partial charge >= 0.3 is 0 Å². The van der Waals surface area contributed by atoms with E-state index >= 15 is 0 Å². The van der Waals surface area contributed by atoms with Gasteiger partial charge in [0.05, 0.1) is 5.69 Å². The highest BCUT2D eigenvalue weighted by molar-refractivity contribution is 5.98. The maximum absolute atomic E-state index is 11.7. The summed E-state index contributed by atoms with van der Waals surface area (Å²) in [6.07, 6.45) is 3.47. The first-order chi connectivity index (χ1) is 10.0. The summed E-state index contributed by atoms with van der Waals surface area (Å²) in [6, 6.07) is 6.45. The van der Waals surface area contributed by atoms with Crippen LogP contribution >= 0.6 is 0 Å². The topological polar surface area (TPSA) is 50.4 Å². The molecular weight excluding hydrogens is 264 g/mol. The number of carbonyl (C=O) groups is 1. The second-order valence-corrected chi connectivity index (χ2v) is 6.52. The first-order valence-electron chi connectivity index (χ1n) is 7.92. The second kappa shape index (κ2) is 5.58. The Labute approximate surface area is 126 Å². The number of nitrogens with one attached hydrogen (secondary N) is 2. The third kappa shape index (κ3) is 2.85. The summed E-state index contributed by atoms with van der Waals surface area (Å²) in [4.78, 5) is 11.7. The molecule has 1 aromatic carbocycles. The largest absolute Gasteiger partial charge is 0.479 e. The zero-order valence-corrected chi connectivity index (χ0v) is 13.0. The molecule has 0 bridgehead atoms. The summed E-state index contributed by atoms with van der Waals surface area (Å²) >= 11 is 0. The lowest BCUT2D eigenvalue weighted by atomic mass is 9.78. The molecule has 1 saturated carbocycles. The van der Waals surface area contributed by atoms with Crippen molar-refractivity contribution in [3.8, 4) is 5.75 Å². The molecule has 3 atom stereocenters. The van der Waals surface area contributed by atoms with Crippen molar-refractivity contribution < 1.29 is 9.53 Å².